The summed E-state index contributed by atoms with van der Waals surface area (Å²) in [5, 5.41) is 5.64. The molecule has 4 rings (SSSR count). The largest absolute Gasteiger partial charge is 0.298 e. The minimum atomic E-state index is -0.118. The Morgan fingerprint density at radius 2 is 2.11 bits per heavy atom. The smallest absolute Gasteiger partial charge is 0.257 e. The molecule has 1 unspecified atom stereocenters. The average Bonchev–Trinajstić information content (AvgIpc) is 3.32. The van der Waals surface area contributed by atoms with E-state index in [1.54, 1.807) is 0 Å². The van der Waals surface area contributed by atoms with E-state index < -0.39 is 0 Å². The first-order valence-electron chi connectivity index (χ1n) is 9.16. The second-order valence-corrected chi connectivity index (χ2v) is 7.71. The number of thiazole rings is 1. The molecule has 0 bridgehead atoms. The van der Waals surface area contributed by atoms with E-state index in [9.17, 15) is 4.79 Å². The number of nitrogens with one attached hydrogen (secondary N) is 1. The summed E-state index contributed by atoms with van der Waals surface area (Å²) in [6, 6.07) is 13.9. The summed E-state index contributed by atoms with van der Waals surface area (Å²) in [4.78, 5) is 23.9. The zero-order chi connectivity index (χ0) is 18.6. The van der Waals surface area contributed by atoms with Gasteiger partial charge in [0.15, 0.2) is 5.13 Å². The highest BCUT2D eigenvalue weighted by molar-refractivity contribution is 7.14. The number of aryl methyl sites for hydroxylation is 1. The number of hydrogen-bond donors (Lipinski definition) is 1. The molecule has 0 radical (unpaired) electrons. The minimum Gasteiger partial charge on any atom is -0.298 e. The van der Waals surface area contributed by atoms with E-state index in [1.165, 1.54) is 11.3 Å². The SMILES string of the molecule is Cc1ccc(C(=O)Nc2nc(C3CCCN3Cc3ccccn3)cs2)cc1. The summed E-state index contributed by atoms with van der Waals surface area (Å²) in [6.07, 6.45) is 4.07. The molecule has 1 amide bonds. The van der Waals surface area contributed by atoms with Crippen LogP contribution in [0.2, 0.25) is 0 Å². The van der Waals surface area contributed by atoms with Gasteiger partial charge in [-0.25, -0.2) is 4.98 Å². The van der Waals surface area contributed by atoms with Crippen LogP contribution >= 0.6 is 11.3 Å². The first kappa shape index (κ1) is 17.8. The van der Waals surface area contributed by atoms with Crippen LogP contribution < -0.4 is 5.32 Å². The molecular formula is C21H22N4OS. The Bertz CT molecular complexity index is 907. The molecule has 27 heavy (non-hydrogen) atoms. The molecule has 1 atom stereocenters. The van der Waals surface area contributed by atoms with Gasteiger partial charge in [-0.3, -0.25) is 20.0 Å². The lowest BCUT2D eigenvalue weighted by atomic mass is 10.1. The van der Waals surface area contributed by atoms with Crippen LogP contribution in [0.1, 0.15) is 46.2 Å². The van der Waals surface area contributed by atoms with Gasteiger partial charge < -0.3 is 0 Å². The van der Waals surface area contributed by atoms with Gasteiger partial charge in [-0.1, -0.05) is 23.8 Å². The van der Waals surface area contributed by atoms with Gasteiger partial charge in [-0.2, -0.15) is 0 Å². The number of carbonyl (C=O) groups excluding carboxylic acids is 1. The molecule has 5 nitrogen and oxygen atoms in total. The number of hydrogen-bond acceptors (Lipinski definition) is 5. The van der Waals surface area contributed by atoms with Crippen molar-refractivity contribution in [3.63, 3.8) is 0 Å². The Balaban J connectivity index is 1.43. The summed E-state index contributed by atoms with van der Waals surface area (Å²) >= 11 is 1.49. The van der Waals surface area contributed by atoms with Crippen LogP contribution in [0.15, 0.2) is 54.0 Å². The van der Waals surface area contributed by atoms with Gasteiger partial charge in [0.2, 0.25) is 0 Å². The zero-order valence-corrected chi connectivity index (χ0v) is 16.1. The normalized spacial score (nSPS) is 17.1. The van der Waals surface area contributed by atoms with Gasteiger partial charge in [0.05, 0.1) is 17.4 Å². The maximum absolute atomic E-state index is 12.4. The molecule has 1 aliphatic rings. The molecule has 1 aromatic carbocycles. The first-order valence-corrected chi connectivity index (χ1v) is 10.0. The maximum atomic E-state index is 12.4. The van der Waals surface area contributed by atoms with E-state index in [0.29, 0.717) is 10.7 Å². The molecule has 1 saturated heterocycles. The second-order valence-electron chi connectivity index (χ2n) is 6.85. The number of carbonyl (C=O) groups is 1. The molecule has 0 aliphatic carbocycles. The Hall–Kier alpha value is -2.57. The van der Waals surface area contributed by atoms with E-state index in [2.05, 4.69) is 26.6 Å². The number of nitrogens with zero attached hydrogens (tertiary/aromatic N) is 3. The van der Waals surface area contributed by atoms with Crippen LogP contribution in [0.25, 0.3) is 0 Å². The summed E-state index contributed by atoms with van der Waals surface area (Å²) in [5.41, 5.74) is 3.90. The lowest BCUT2D eigenvalue weighted by Crippen LogP contribution is -2.23. The number of likely N-dealkylation sites (tertiary alicyclic amines) is 1. The fourth-order valence-electron chi connectivity index (χ4n) is 3.42. The highest BCUT2D eigenvalue weighted by atomic mass is 32.1. The topological polar surface area (TPSA) is 58.1 Å². The van der Waals surface area contributed by atoms with Crippen molar-refractivity contribution in [2.75, 3.05) is 11.9 Å². The van der Waals surface area contributed by atoms with Crippen molar-refractivity contribution in [3.8, 4) is 0 Å². The molecule has 2 aromatic heterocycles. The Labute approximate surface area is 163 Å². The van der Waals surface area contributed by atoms with Crippen LogP contribution in [-0.4, -0.2) is 27.3 Å². The van der Waals surface area contributed by atoms with Crippen molar-refractivity contribution in [3.05, 3.63) is 76.6 Å². The van der Waals surface area contributed by atoms with E-state index in [-0.39, 0.29) is 11.9 Å². The van der Waals surface area contributed by atoms with Crippen molar-refractivity contribution in [1.29, 1.82) is 0 Å². The number of aromatic nitrogens is 2. The standard InChI is InChI=1S/C21H22N4OS/c1-15-7-9-16(10-8-15)20(26)24-21-23-18(14-27-21)19-6-4-12-25(19)13-17-5-2-3-11-22-17/h2-3,5,7-11,14,19H,4,6,12-13H2,1H3,(H,23,24,26). The number of amides is 1. The fourth-order valence-corrected chi connectivity index (χ4v) is 4.17. The van der Waals surface area contributed by atoms with Crippen molar-refractivity contribution >= 4 is 22.4 Å². The Morgan fingerprint density at radius 1 is 1.26 bits per heavy atom. The molecule has 3 heterocycles. The van der Waals surface area contributed by atoms with Gasteiger partial charge >= 0.3 is 0 Å². The number of pyridine rings is 1. The Kier molecular flexibility index (Phi) is 5.27. The number of anilines is 1. The van der Waals surface area contributed by atoms with Crippen molar-refractivity contribution in [2.24, 2.45) is 0 Å². The molecule has 1 N–H and O–H groups in total. The predicted molar refractivity (Wildman–Crippen MR) is 108 cm³/mol. The summed E-state index contributed by atoms with van der Waals surface area (Å²) < 4.78 is 0. The second kappa shape index (κ2) is 7.98. The van der Waals surface area contributed by atoms with Crippen LogP contribution in [0, 0.1) is 6.92 Å². The third kappa shape index (κ3) is 4.23. The zero-order valence-electron chi connectivity index (χ0n) is 15.3. The quantitative estimate of drug-likeness (QED) is 0.713. The van der Waals surface area contributed by atoms with Gasteiger partial charge in [0.25, 0.3) is 5.91 Å². The summed E-state index contributed by atoms with van der Waals surface area (Å²) in [7, 11) is 0. The van der Waals surface area contributed by atoms with E-state index in [4.69, 9.17) is 4.98 Å². The third-order valence-electron chi connectivity index (χ3n) is 4.85. The van der Waals surface area contributed by atoms with E-state index in [1.807, 2.05) is 49.5 Å². The van der Waals surface area contributed by atoms with Gasteiger partial charge in [-0.15, -0.1) is 11.3 Å². The van der Waals surface area contributed by atoms with Crippen LogP contribution in [0.5, 0.6) is 0 Å². The average molecular weight is 379 g/mol. The minimum absolute atomic E-state index is 0.118. The van der Waals surface area contributed by atoms with Crippen molar-refractivity contribution < 1.29 is 4.79 Å². The van der Waals surface area contributed by atoms with Gasteiger partial charge in [0.1, 0.15) is 0 Å². The predicted octanol–water partition coefficient (Wildman–Crippen LogP) is 4.44. The maximum Gasteiger partial charge on any atom is 0.257 e. The summed E-state index contributed by atoms with van der Waals surface area (Å²) in [5.74, 6) is -0.118. The van der Waals surface area contributed by atoms with Crippen molar-refractivity contribution in [1.82, 2.24) is 14.9 Å². The number of rotatable bonds is 5. The highest BCUT2D eigenvalue weighted by Crippen LogP contribution is 2.34. The summed E-state index contributed by atoms with van der Waals surface area (Å²) in [6.45, 7) is 3.88. The fraction of sp³-hybridized carbons (Fsp3) is 0.286. The molecule has 0 spiro atoms. The lowest BCUT2D eigenvalue weighted by Gasteiger charge is -2.22. The van der Waals surface area contributed by atoms with Crippen molar-refractivity contribution in [2.45, 2.75) is 32.4 Å². The monoisotopic (exact) mass is 378 g/mol. The van der Waals surface area contributed by atoms with E-state index >= 15 is 0 Å². The van der Waals surface area contributed by atoms with E-state index in [0.717, 1.165) is 42.9 Å². The van der Waals surface area contributed by atoms with Gasteiger partial charge in [0, 0.05) is 23.7 Å². The molecular weight excluding hydrogens is 356 g/mol. The lowest BCUT2D eigenvalue weighted by molar-refractivity contribution is 0.102. The molecule has 6 heteroatoms. The highest BCUT2D eigenvalue weighted by Gasteiger charge is 2.28. The third-order valence-corrected chi connectivity index (χ3v) is 5.63. The molecule has 138 valence electrons. The molecule has 1 aliphatic heterocycles. The molecule has 0 saturated carbocycles. The van der Waals surface area contributed by atoms with Gasteiger partial charge in [-0.05, 0) is 50.6 Å². The van der Waals surface area contributed by atoms with Crippen LogP contribution in [-0.2, 0) is 6.54 Å². The van der Waals surface area contributed by atoms with Crippen LogP contribution in [0.3, 0.4) is 0 Å². The first-order chi connectivity index (χ1) is 13.2. The molecule has 3 aromatic rings. The molecule has 1 fully saturated rings. The number of benzene rings is 1. The Morgan fingerprint density at radius 3 is 2.89 bits per heavy atom. The van der Waals surface area contributed by atoms with Crippen LogP contribution in [0.4, 0.5) is 5.13 Å².